The van der Waals surface area contributed by atoms with Crippen LogP contribution in [0, 0.1) is 6.92 Å². The summed E-state index contributed by atoms with van der Waals surface area (Å²) in [4.78, 5) is 20.0. The monoisotopic (exact) mass is 306 g/mol. The van der Waals surface area contributed by atoms with E-state index in [1.54, 1.807) is 12.3 Å². The zero-order chi connectivity index (χ0) is 13.1. The fourth-order valence-corrected chi connectivity index (χ4v) is 1.81. The third kappa shape index (κ3) is 2.84. The Morgan fingerprint density at radius 3 is 2.89 bits per heavy atom. The molecule has 92 valence electrons. The molecule has 0 aliphatic rings. The van der Waals surface area contributed by atoms with Crippen LogP contribution in [0.2, 0.25) is 0 Å². The number of nitrogens with zero attached hydrogens (tertiary/aromatic N) is 2. The molecule has 18 heavy (non-hydrogen) atoms. The van der Waals surface area contributed by atoms with Crippen molar-refractivity contribution in [3.8, 4) is 0 Å². The predicted octanol–water partition coefficient (Wildman–Crippen LogP) is 2.38. The summed E-state index contributed by atoms with van der Waals surface area (Å²) < 4.78 is 0.585. The van der Waals surface area contributed by atoms with E-state index in [2.05, 4.69) is 31.2 Å². The van der Waals surface area contributed by atoms with Crippen LogP contribution in [0.1, 0.15) is 15.9 Å². The van der Waals surface area contributed by atoms with E-state index in [-0.39, 0.29) is 5.91 Å². The van der Waals surface area contributed by atoms with E-state index in [0.717, 1.165) is 5.56 Å². The van der Waals surface area contributed by atoms with Crippen molar-refractivity contribution in [2.75, 3.05) is 11.1 Å². The number of halogens is 1. The largest absolute Gasteiger partial charge is 0.384 e. The van der Waals surface area contributed by atoms with Gasteiger partial charge in [0.25, 0.3) is 5.91 Å². The molecular weight excluding hydrogens is 296 g/mol. The fourth-order valence-electron chi connectivity index (χ4n) is 1.42. The number of rotatable bonds is 2. The van der Waals surface area contributed by atoms with Gasteiger partial charge >= 0.3 is 0 Å². The molecular formula is C12H11BrN4O. The molecule has 0 atom stereocenters. The molecule has 2 rings (SSSR count). The summed E-state index contributed by atoms with van der Waals surface area (Å²) in [5, 5.41) is 2.70. The molecule has 0 unspecified atom stereocenters. The molecule has 0 aliphatic heterocycles. The number of pyridine rings is 2. The lowest BCUT2D eigenvalue weighted by molar-refractivity contribution is 0.102. The van der Waals surface area contributed by atoms with E-state index in [1.807, 2.05) is 13.0 Å². The quantitative estimate of drug-likeness (QED) is 0.892. The highest BCUT2D eigenvalue weighted by molar-refractivity contribution is 9.10. The Hall–Kier alpha value is -1.95. The average molecular weight is 307 g/mol. The first-order valence-corrected chi connectivity index (χ1v) is 6.00. The summed E-state index contributed by atoms with van der Waals surface area (Å²) in [6.07, 6.45) is 3.13. The molecule has 1 amide bonds. The van der Waals surface area contributed by atoms with Crippen LogP contribution in [-0.4, -0.2) is 15.9 Å². The van der Waals surface area contributed by atoms with Crippen molar-refractivity contribution >= 4 is 33.5 Å². The Morgan fingerprint density at radius 2 is 2.17 bits per heavy atom. The van der Waals surface area contributed by atoms with Gasteiger partial charge in [0.1, 0.15) is 11.6 Å². The van der Waals surface area contributed by atoms with Crippen molar-refractivity contribution in [2.24, 2.45) is 0 Å². The molecule has 0 radical (unpaired) electrons. The van der Waals surface area contributed by atoms with Crippen LogP contribution in [0.15, 0.2) is 35.1 Å². The zero-order valence-electron chi connectivity index (χ0n) is 9.64. The maximum absolute atomic E-state index is 12.0. The predicted molar refractivity (Wildman–Crippen MR) is 73.3 cm³/mol. The zero-order valence-corrected chi connectivity index (χ0v) is 11.2. The number of carbonyl (C=O) groups excluding carboxylic acids is 1. The highest BCUT2D eigenvalue weighted by atomic mass is 79.9. The molecule has 0 bridgehead atoms. The SMILES string of the molecule is Cc1ccnc(NC(=O)c2cc(N)ncc2Br)c1. The van der Waals surface area contributed by atoms with Gasteiger partial charge in [-0.2, -0.15) is 0 Å². The van der Waals surface area contributed by atoms with E-state index in [1.165, 1.54) is 12.3 Å². The minimum absolute atomic E-state index is 0.283. The van der Waals surface area contributed by atoms with E-state index < -0.39 is 0 Å². The summed E-state index contributed by atoms with van der Waals surface area (Å²) in [5.74, 6) is 0.511. The van der Waals surface area contributed by atoms with Gasteiger partial charge in [-0.1, -0.05) is 0 Å². The molecule has 3 N–H and O–H groups in total. The number of nitrogens with one attached hydrogen (secondary N) is 1. The summed E-state index contributed by atoms with van der Waals surface area (Å²) in [5.41, 5.74) is 7.00. The second-order valence-electron chi connectivity index (χ2n) is 3.76. The number of aryl methyl sites for hydroxylation is 1. The van der Waals surface area contributed by atoms with Gasteiger partial charge < -0.3 is 11.1 Å². The second kappa shape index (κ2) is 5.14. The third-order valence-corrected chi connectivity index (χ3v) is 2.91. The Morgan fingerprint density at radius 1 is 1.39 bits per heavy atom. The van der Waals surface area contributed by atoms with Gasteiger partial charge in [0.15, 0.2) is 0 Å². The summed E-state index contributed by atoms with van der Waals surface area (Å²) in [7, 11) is 0. The average Bonchev–Trinajstić information content (AvgIpc) is 2.32. The third-order valence-electron chi connectivity index (χ3n) is 2.28. The van der Waals surface area contributed by atoms with Gasteiger partial charge in [0, 0.05) is 16.9 Å². The number of aromatic nitrogens is 2. The number of nitrogen functional groups attached to an aromatic ring is 1. The molecule has 6 heteroatoms. The lowest BCUT2D eigenvalue weighted by Crippen LogP contribution is -2.14. The molecule has 2 heterocycles. The summed E-state index contributed by atoms with van der Waals surface area (Å²) >= 11 is 3.26. The highest BCUT2D eigenvalue weighted by Crippen LogP contribution is 2.18. The molecule has 5 nitrogen and oxygen atoms in total. The molecule has 0 aliphatic carbocycles. The first-order valence-electron chi connectivity index (χ1n) is 5.21. The van der Waals surface area contributed by atoms with E-state index >= 15 is 0 Å². The molecule has 0 saturated heterocycles. The van der Waals surface area contributed by atoms with Gasteiger partial charge in [-0.25, -0.2) is 9.97 Å². The Balaban J connectivity index is 2.24. The lowest BCUT2D eigenvalue weighted by atomic mass is 10.2. The Kier molecular flexibility index (Phi) is 3.57. The number of nitrogens with two attached hydrogens (primary N) is 1. The Labute approximate surface area is 113 Å². The van der Waals surface area contributed by atoms with Gasteiger partial charge in [-0.15, -0.1) is 0 Å². The molecule has 0 fully saturated rings. The number of hydrogen-bond donors (Lipinski definition) is 2. The molecule has 2 aromatic rings. The van der Waals surface area contributed by atoms with Gasteiger partial charge in [0.05, 0.1) is 5.56 Å². The van der Waals surface area contributed by atoms with Crippen LogP contribution < -0.4 is 11.1 Å². The first kappa shape index (κ1) is 12.5. The number of hydrogen-bond acceptors (Lipinski definition) is 4. The lowest BCUT2D eigenvalue weighted by Gasteiger charge is -2.07. The summed E-state index contributed by atoms with van der Waals surface area (Å²) in [6, 6.07) is 5.15. The number of anilines is 2. The number of carbonyl (C=O) groups is 1. The van der Waals surface area contributed by atoms with Crippen LogP contribution in [0.3, 0.4) is 0 Å². The summed E-state index contributed by atoms with van der Waals surface area (Å²) in [6.45, 7) is 1.93. The van der Waals surface area contributed by atoms with Crippen molar-refractivity contribution in [2.45, 2.75) is 6.92 Å². The van der Waals surface area contributed by atoms with Crippen molar-refractivity contribution < 1.29 is 4.79 Å². The maximum Gasteiger partial charge on any atom is 0.258 e. The maximum atomic E-state index is 12.0. The van der Waals surface area contributed by atoms with Gasteiger partial charge in [0.2, 0.25) is 0 Å². The van der Waals surface area contributed by atoms with E-state index in [9.17, 15) is 4.79 Å². The van der Waals surface area contributed by atoms with Crippen LogP contribution in [0.4, 0.5) is 11.6 Å². The van der Waals surface area contributed by atoms with E-state index in [0.29, 0.717) is 21.7 Å². The number of amides is 1. The minimum Gasteiger partial charge on any atom is -0.384 e. The Bertz CT molecular complexity index is 600. The fraction of sp³-hybridized carbons (Fsp3) is 0.0833. The molecule has 0 aromatic carbocycles. The topological polar surface area (TPSA) is 80.9 Å². The van der Waals surface area contributed by atoms with Crippen molar-refractivity contribution in [1.29, 1.82) is 0 Å². The minimum atomic E-state index is -0.283. The van der Waals surface area contributed by atoms with Crippen LogP contribution >= 0.6 is 15.9 Å². The smallest absolute Gasteiger partial charge is 0.258 e. The van der Waals surface area contributed by atoms with Crippen molar-refractivity contribution in [3.05, 3.63) is 46.2 Å². The highest BCUT2D eigenvalue weighted by Gasteiger charge is 2.11. The molecule has 0 saturated carbocycles. The van der Waals surface area contributed by atoms with E-state index in [4.69, 9.17) is 5.73 Å². The first-order chi connectivity index (χ1) is 8.56. The van der Waals surface area contributed by atoms with Crippen molar-refractivity contribution in [3.63, 3.8) is 0 Å². The van der Waals surface area contributed by atoms with Gasteiger partial charge in [-0.05, 0) is 46.6 Å². The van der Waals surface area contributed by atoms with Crippen LogP contribution in [-0.2, 0) is 0 Å². The van der Waals surface area contributed by atoms with Crippen LogP contribution in [0.25, 0.3) is 0 Å². The molecule has 2 aromatic heterocycles. The van der Waals surface area contributed by atoms with Crippen LogP contribution in [0.5, 0.6) is 0 Å². The van der Waals surface area contributed by atoms with Crippen molar-refractivity contribution in [1.82, 2.24) is 9.97 Å². The second-order valence-corrected chi connectivity index (χ2v) is 4.62. The standard InChI is InChI=1S/C12H11BrN4O/c1-7-2-3-15-11(4-7)17-12(18)8-5-10(14)16-6-9(8)13/h2-6H,1H3,(H2,14,16)(H,15,17,18). The van der Waals surface area contributed by atoms with Gasteiger partial charge in [-0.3, -0.25) is 4.79 Å². The normalized spacial score (nSPS) is 10.1. The molecule has 0 spiro atoms.